The first-order valence-electron chi connectivity index (χ1n) is 9.48. The average molecular weight is 362 g/mol. The zero-order chi connectivity index (χ0) is 17.0. The van der Waals surface area contributed by atoms with Gasteiger partial charge in [0.2, 0.25) is 0 Å². The van der Waals surface area contributed by atoms with Crippen LogP contribution in [-0.4, -0.2) is 11.1 Å². The van der Waals surface area contributed by atoms with Crippen LogP contribution in [0.1, 0.15) is 32.1 Å². The summed E-state index contributed by atoms with van der Waals surface area (Å²) in [4.78, 5) is 0. The second-order valence-corrected chi connectivity index (χ2v) is 10.7. The van der Waals surface area contributed by atoms with Crippen LogP contribution in [0.5, 0.6) is 0 Å². The van der Waals surface area contributed by atoms with Gasteiger partial charge in [-0.2, -0.15) is 0 Å². The molecular weight excluding hydrogens is 335 g/mol. The molecule has 1 aliphatic carbocycles. The summed E-state index contributed by atoms with van der Waals surface area (Å²) in [7, 11) is -1.63. The molecule has 1 nitrogen and oxygen atoms in total. The minimum Gasteiger partial charge on any atom is -0.870 e. The topological polar surface area (TPSA) is 30.0 Å². The molecule has 0 spiro atoms. The smallest absolute Gasteiger partial charge is 0.115 e. The van der Waals surface area contributed by atoms with Crippen LogP contribution in [0.25, 0.3) is 0 Å². The van der Waals surface area contributed by atoms with Crippen molar-refractivity contribution >= 4 is 23.2 Å². The highest BCUT2D eigenvalue weighted by molar-refractivity contribution is 7.96. The Balaban J connectivity index is 0.00000196. The molecule has 0 aliphatic heterocycles. The van der Waals surface area contributed by atoms with Crippen LogP contribution in [0, 0.1) is 0 Å². The van der Waals surface area contributed by atoms with Gasteiger partial charge in [0.25, 0.3) is 0 Å². The fraction of sp³-hybridized carbons (Fsp3) is 0.250. The maximum atomic E-state index is 2.38. The van der Waals surface area contributed by atoms with Gasteiger partial charge in [-0.25, -0.2) is 0 Å². The Morgan fingerprint density at radius 3 is 1.19 bits per heavy atom. The fourth-order valence-electron chi connectivity index (χ4n) is 4.54. The Morgan fingerprint density at radius 2 is 0.846 bits per heavy atom. The maximum absolute atomic E-state index is 2.38. The molecule has 1 fully saturated rings. The molecule has 0 atom stereocenters. The van der Waals surface area contributed by atoms with Crippen molar-refractivity contribution in [2.24, 2.45) is 0 Å². The van der Waals surface area contributed by atoms with E-state index in [0.29, 0.717) is 0 Å². The summed E-state index contributed by atoms with van der Waals surface area (Å²) in [5.74, 6) is 0. The quantitative estimate of drug-likeness (QED) is 0.591. The normalized spacial score (nSPS) is 15.2. The summed E-state index contributed by atoms with van der Waals surface area (Å²) in [6.07, 6.45) is 6.85. The van der Waals surface area contributed by atoms with E-state index in [1.54, 1.807) is 15.9 Å². The minimum absolute atomic E-state index is 0. The van der Waals surface area contributed by atoms with Gasteiger partial charge in [0.1, 0.15) is 23.2 Å². The monoisotopic (exact) mass is 362 g/mol. The largest absolute Gasteiger partial charge is 0.870 e. The van der Waals surface area contributed by atoms with Gasteiger partial charge in [0.15, 0.2) is 0 Å². The van der Waals surface area contributed by atoms with E-state index >= 15 is 0 Å². The molecule has 0 amide bonds. The Labute approximate surface area is 157 Å². The predicted molar refractivity (Wildman–Crippen MR) is 114 cm³/mol. The summed E-state index contributed by atoms with van der Waals surface area (Å²) in [6.45, 7) is 0. The summed E-state index contributed by atoms with van der Waals surface area (Å²) >= 11 is 0. The number of benzene rings is 3. The molecule has 2 heteroatoms. The standard InChI is InChI=1S/C24H26P.H2O/c1-5-13-21(14-6-1)25(22-15-7-2-8-16-22,23-17-9-3-10-18-23)24-19-11-4-12-20-24;/h1-3,5-10,13-18,24H,4,11-12,19-20H2;1H2/q+1;/p-1. The van der Waals surface area contributed by atoms with Crippen LogP contribution < -0.4 is 15.9 Å². The van der Waals surface area contributed by atoms with E-state index in [9.17, 15) is 0 Å². The zero-order valence-electron chi connectivity index (χ0n) is 15.2. The highest BCUT2D eigenvalue weighted by Gasteiger charge is 2.51. The maximum Gasteiger partial charge on any atom is 0.115 e. The lowest BCUT2D eigenvalue weighted by Crippen LogP contribution is -2.39. The van der Waals surface area contributed by atoms with Crippen molar-refractivity contribution in [1.82, 2.24) is 0 Å². The van der Waals surface area contributed by atoms with Crippen molar-refractivity contribution in [3.05, 3.63) is 91.0 Å². The molecule has 26 heavy (non-hydrogen) atoms. The molecule has 1 N–H and O–H groups in total. The first-order chi connectivity index (χ1) is 12.4. The van der Waals surface area contributed by atoms with Crippen molar-refractivity contribution in [3.63, 3.8) is 0 Å². The van der Waals surface area contributed by atoms with Crippen LogP contribution >= 0.6 is 7.26 Å². The molecule has 0 saturated heterocycles. The van der Waals surface area contributed by atoms with E-state index in [2.05, 4.69) is 91.0 Å². The predicted octanol–water partition coefficient (Wildman–Crippen LogP) is 5.14. The van der Waals surface area contributed by atoms with Gasteiger partial charge in [-0.15, -0.1) is 0 Å². The molecule has 0 heterocycles. The number of hydrogen-bond acceptors (Lipinski definition) is 1. The van der Waals surface area contributed by atoms with Crippen molar-refractivity contribution in [2.45, 2.75) is 37.8 Å². The molecule has 0 aromatic heterocycles. The van der Waals surface area contributed by atoms with Gasteiger partial charge < -0.3 is 5.48 Å². The van der Waals surface area contributed by atoms with Gasteiger partial charge in [-0.3, -0.25) is 0 Å². The Kier molecular flexibility index (Phi) is 6.25. The number of hydrogen-bond donors (Lipinski definition) is 0. The average Bonchev–Trinajstić information content (AvgIpc) is 2.72. The molecule has 4 rings (SSSR count). The van der Waals surface area contributed by atoms with Crippen molar-refractivity contribution in [3.8, 4) is 0 Å². The van der Waals surface area contributed by atoms with Crippen LogP contribution in [0.3, 0.4) is 0 Å². The minimum atomic E-state index is -1.63. The lowest BCUT2D eigenvalue weighted by Gasteiger charge is -2.36. The van der Waals surface area contributed by atoms with Crippen molar-refractivity contribution < 1.29 is 5.48 Å². The summed E-state index contributed by atoms with van der Waals surface area (Å²) in [6, 6.07) is 34.0. The molecular formula is C24H27OP. The van der Waals surface area contributed by atoms with Crippen LogP contribution in [0.15, 0.2) is 91.0 Å². The Hall–Kier alpha value is -1.95. The van der Waals surface area contributed by atoms with E-state index in [1.807, 2.05) is 0 Å². The van der Waals surface area contributed by atoms with Crippen LogP contribution in [0.4, 0.5) is 0 Å². The van der Waals surface area contributed by atoms with E-state index in [4.69, 9.17) is 0 Å². The van der Waals surface area contributed by atoms with Crippen molar-refractivity contribution in [1.29, 1.82) is 0 Å². The lowest BCUT2D eigenvalue weighted by atomic mass is 10.0. The molecule has 0 radical (unpaired) electrons. The lowest BCUT2D eigenvalue weighted by molar-refractivity contribution is 0.511. The molecule has 0 unspecified atom stereocenters. The van der Waals surface area contributed by atoms with Gasteiger partial charge in [-0.1, -0.05) is 61.0 Å². The van der Waals surface area contributed by atoms with Gasteiger partial charge in [0.05, 0.1) is 5.66 Å². The molecule has 1 aliphatic rings. The third-order valence-electron chi connectivity index (χ3n) is 5.61. The fourth-order valence-corrected chi connectivity index (χ4v) is 9.76. The SMILES string of the molecule is [OH-].c1ccc([P+](c2ccccc2)(c2ccccc2)C2CCCCC2)cc1. The van der Waals surface area contributed by atoms with Gasteiger partial charge >= 0.3 is 0 Å². The van der Waals surface area contributed by atoms with E-state index < -0.39 is 7.26 Å². The summed E-state index contributed by atoms with van der Waals surface area (Å²) in [5, 5.41) is 4.62. The van der Waals surface area contributed by atoms with Gasteiger partial charge in [-0.05, 0) is 62.1 Å². The highest BCUT2D eigenvalue weighted by Crippen LogP contribution is 2.63. The third-order valence-corrected chi connectivity index (χ3v) is 10.6. The van der Waals surface area contributed by atoms with Crippen LogP contribution in [0.2, 0.25) is 0 Å². The molecule has 3 aromatic rings. The van der Waals surface area contributed by atoms with Crippen LogP contribution in [-0.2, 0) is 0 Å². The highest BCUT2D eigenvalue weighted by atomic mass is 31.2. The zero-order valence-corrected chi connectivity index (χ0v) is 16.1. The summed E-state index contributed by atoms with van der Waals surface area (Å²) in [5.41, 5.74) is 0.758. The van der Waals surface area contributed by atoms with E-state index in [0.717, 1.165) is 5.66 Å². The molecule has 0 bridgehead atoms. The molecule has 1 saturated carbocycles. The summed E-state index contributed by atoms with van der Waals surface area (Å²) < 4.78 is 0. The molecule has 134 valence electrons. The first-order valence-corrected chi connectivity index (χ1v) is 11.3. The second-order valence-electron chi connectivity index (χ2n) is 7.02. The van der Waals surface area contributed by atoms with E-state index in [1.165, 1.54) is 32.1 Å². The van der Waals surface area contributed by atoms with Crippen molar-refractivity contribution in [2.75, 3.05) is 0 Å². The Bertz CT molecular complexity index is 684. The van der Waals surface area contributed by atoms with Gasteiger partial charge in [0, 0.05) is 0 Å². The molecule has 3 aromatic carbocycles. The van der Waals surface area contributed by atoms with E-state index in [-0.39, 0.29) is 5.48 Å². The first kappa shape index (κ1) is 18.8. The number of rotatable bonds is 4. The Morgan fingerprint density at radius 1 is 0.500 bits per heavy atom. The second kappa shape index (κ2) is 8.62. The third kappa shape index (κ3) is 3.34.